The molecule has 0 unspecified atom stereocenters. The molecule has 0 aromatic carbocycles. The van der Waals surface area contributed by atoms with E-state index in [0.717, 1.165) is 122 Å². The van der Waals surface area contributed by atoms with Gasteiger partial charge in [0, 0.05) is 19.3 Å². The van der Waals surface area contributed by atoms with Crippen LogP contribution in [0.15, 0.2) is 170 Å². The molecule has 0 rings (SSSR count). The van der Waals surface area contributed by atoms with E-state index in [1.165, 1.54) is 51.4 Å². The van der Waals surface area contributed by atoms with Gasteiger partial charge in [-0.25, -0.2) is 0 Å². The predicted molar refractivity (Wildman–Crippen MR) is 325 cm³/mol. The summed E-state index contributed by atoms with van der Waals surface area (Å²) in [6.07, 6.45) is 90.6. The molecule has 1 atom stereocenters. The van der Waals surface area contributed by atoms with E-state index in [-0.39, 0.29) is 44.0 Å². The second-order valence-corrected chi connectivity index (χ2v) is 18.8. The van der Waals surface area contributed by atoms with Gasteiger partial charge in [0.25, 0.3) is 0 Å². The lowest BCUT2D eigenvalue weighted by molar-refractivity contribution is -0.166. The lowest BCUT2D eigenvalue weighted by Gasteiger charge is -2.18. The smallest absolute Gasteiger partial charge is 0.306 e. The van der Waals surface area contributed by atoms with Crippen molar-refractivity contribution in [3.8, 4) is 0 Å². The van der Waals surface area contributed by atoms with Crippen LogP contribution in [0, 0.1) is 0 Å². The van der Waals surface area contributed by atoms with Crippen LogP contribution in [0.2, 0.25) is 0 Å². The molecular weight excluding hydrogens is 925 g/mol. The third kappa shape index (κ3) is 59.5. The van der Waals surface area contributed by atoms with Crippen LogP contribution in [0.3, 0.4) is 0 Å². The highest BCUT2D eigenvalue weighted by atomic mass is 16.6. The number of unbranched alkanes of at least 4 members (excludes halogenated alkanes) is 12. The van der Waals surface area contributed by atoms with Gasteiger partial charge in [0.2, 0.25) is 0 Å². The molecule has 75 heavy (non-hydrogen) atoms. The molecule has 0 aliphatic rings. The Kier molecular flexibility index (Phi) is 57.0. The summed E-state index contributed by atoms with van der Waals surface area (Å²) in [4.78, 5) is 38.2. The van der Waals surface area contributed by atoms with Crippen molar-refractivity contribution in [2.45, 2.75) is 232 Å². The van der Waals surface area contributed by atoms with Crippen LogP contribution in [0.25, 0.3) is 0 Å². The second-order valence-electron chi connectivity index (χ2n) is 18.8. The van der Waals surface area contributed by atoms with Crippen LogP contribution in [-0.4, -0.2) is 37.2 Å². The average molecular weight is 1030 g/mol. The van der Waals surface area contributed by atoms with E-state index >= 15 is 0 Å². The number of rotatable bonds is 51. The van der Waals surface area contributed by atoms with Gasteiger partial charge in [0.15, 0.2) is 6.10 Å². The Morgan fingerprint density at radius 3 is 0.867 bits per heavy atom. The zero-order chi connectivity index (χ0) is 54.3. The fraction of sp³-hybridized carbons (Fsp3) is 0.551. The first kappa shape index (κ1) is 69.8. The van der Waals surface area contributed by atoms with E-state index in [4.69, 9.17) is 14.2 Å². The van der Waals surface area contributed by atoms with Gasteiger partial charge in [0.1, 0.15) is 13.2 Å². The number of allylic oxidation sites excluding steroid dienone is 28. The maximum atomic E-state index is 12.9. The minimum absolute atomic E-state index is 0.140. The van der Waals surface area contributed by atoms with Crippen LogP contribution < -0.4 is 0 Å². The zero-order valence-corrected chi connectivity index (χ0v) is 47.7. The lowest BCUT2D eigenvalue weighted by atomic mass is 10.1. The number of carbonyl (C=O) groups excluding carboxylic acids is 3. The molecule has 0 aliphatic heterocycles. The average Bonchev–Trinajstić information content (AvgIpc) is 3.41. The molecule has 6 nitrogen and oxygen atoms in total. The van der Waals surface area contributed by atoms with E-state index in [2.05, 4.69) is 179 Å². The molecule has 0 saturated heterocycles. The van der Waals surface area contributed by atoms with Gasteiger partial charge in [-0.1, -0.05) is 229 Å². The van der Waals surface area contributed by atoms with Gasteiger partial charge in [-0.15, -0.1) is 0 Å². The molecule has 0 spiro atoms. The molecule has 6 heteroatoms. The van der Waals surface area contributed by atoms with Gasteiger partial charge < -0.3 is 14.2 Å². The lowest BCUT2D eigenvalue weighted by Crippen LogP contribution is -2.30. The summed E-state index contributed by atoms with van der Waals surface area (Å²) >= 11 is 0. The molecule has 0 aliphatic carbocycles. The first-order chi connectivity index (χ1) is 37.0. The summed E-state index contributed by atoms with van der Waals surface area (Å²) in [5.74, 6) is -1.10. The molecular formula is C69H106O6. The van der Waals surface area contributed by atoms with Gasteiger partial charge >= 0.3 is 17.9 Å². The van der Waals surface area contributed by atoms with E-state index in [1.54, 1.807) is 0 Å². The van der Waals surface area contributed by atoms with Gasteiger partial charge in [-0.05, 0) is 148 Å². The summed E-state index contributed by atoms with van der Waals surface area (Å²) in [5.41, 5.74) is 0. The van der Waals surface area contributed by atoms with Gasteiger partial charge in [-0.3, -0.25) is 14.4 Å². The monoisotopic (exact) mass is 1030 g/mol. The van der Waals surface area contributed by atoms with Crippen LogP contribution in [0.1, 0.15) is 226 Å². The molecule has 0 bridgehead atoms. The van der Waals surface area contributed by atoms with Gasteiger partial charge in [-0.2, -0.15) is 0 Å². The minimum Gasteiger partial charge on any atom is -0.462 e. The van der Waals surface area contributed by atoms with Crippen molar-refractivity contribution in [3.05, 3.63) is 170 Å². The van der Waals surface area contributed by atoms with E-state index < -0.39 is 6.10 Å². The predicted octanol–water partition coefficient (Wildman–Crippen LogP) is 20.3. The van der Waals surface area contributed by atoms with Crippen molar-refractivity contribution in [2.75, 3.05) is 13.2 Å². The summed E-state index contributed by atoms with van der Waals surface area (Å²) in [7, 11) is 0. The molecule has 0 aromatic heterocycles. The number of carbonyl (C=O) groups is 3. The number of esters is 3. The first-order valence-electron chi connectivity index (χ1n) is 29.6. The van der Waals surface area contributed by atoms with Crippen LogP contribution in [-0.2, 0) is 28.6 Å². The summed E-state index contributed by atoms with van der Waals surface area (Å²) in [6.45, 7) is 6.33. The van der Waals surface area contributed by atoms with E-state index in [9.17, 15) is 14.4 Å². The highest BCUT2D eigenvalue weighted by Gasteiger charge is 2.19. The fourth-order valence-corrected chi connectivity index (χ4v) is 7.26. The molecule has 0 saturated carbocycles. The SMILES string of the molecule is CC/C=C\C/C=C\C/C=C\C/C=C\C/C=C\CCCCCC(=O)O[C@H](COC(=O)CC/C=C\C/C=C\C/C=C\C/C=C\C/C=C\CCCCC)COC(=O)CCCCC/C=C\C/C=C\C/C=C\C/C=C\CCCCC. The second kappa shape index (κ2) is 61.3. The molecule has 0 N–H and O–H groups in total. The van der Waals surface area contributed by atoms with E-state index in [0.29, 0.717) is 19.3 Å². The molecule has 0 aromatic rings. The molecule has 0 fully saturated rings. The molecule has 0 heterocycles. The Morgan fingerprint density at radius 1 is 0.280 bits per heavy atom. The number of hydrogen-bond acceptors (Lipinski definition) is 6. The highest BCUT2D eigenvalue weighted by molar-refractivity contribution is 5.71. The fourth-order valence-electron chi connectivity index (χ4n) is 7.26. The van der Waals surface area contributed by atoms with Crippen molar-refractivity contribution in [1.29, 1.82) is 0 Å². The van der Waals surface area contributed by atoms with Gasteiger partial charge in [0.05, 0.1) is 0 Å². The Bertz CT molecular complexity index is 1750. The minimum atomic E-state index is -0.850. The third-order valence-corrected chi connectivity index (χ3v) is 11.7. The number of hydrogen-bond donors (Lipinski definition) is 0. The summed E-state index contributed by atoms with van der Waals surface area (Å²) in [6, 6.07) is 0. The van der Waals surface area contributed by atoms with Crippen molar-refractivity contribution in [3.63, 3.8) is 0 Å². The first-order valence-corrected chi connectivity index (χ1v) is 29.6. The Labute approximate surface area is 460 Å². The maximum absolute atomic E-state index is 12.9. The Hall–Kier alpha value is -5.23. The normalized spacial score (nSPS) is 13.4. The van der Waals surface area contributed by atoms with Crippen molar-refractivity contribution < 1.29 is 28.6 Å². The quantitative estimate of drug-likeness (QED) is 0.0261. The third-order valence-electron chi connectivity index (χ3n) is 11.7. The largest absolute Gasteiger partial charge is 0.462 e. The standard InChI is InChI=1S/C69H106O6/c1-4-7-10-13-16-19-22-25-28-31-34-37-40-43-46-49-52-55-58-61-67(70)73-64-66(75-69(72)63-60-57-54-51-48-45-42-39-36-33-30-27-24-21-18-15-12-9-6-3)65-74-68(71)62-59-56-53-50-47-44-41-38-35-32-29-26-23-20-17-14-11-8-5-2/h9,12,16-21,25-30,34-39,43-48,52,55,66H,4-8,10-11,13-15,22-24,31-33,40-42,49-51,53-54,56-65H2,1-3H3/b12-9-,19-16-,20-17-,21-18-,28-25-,29-26-,30-27-,37-34-,38-35-,39-36-,46-43-,47-44-,48-45-,55-52-/t66-/m1/s1. The van der Waals surface area contributed by atoms with Crippen molar-refractivity contribution in [2.24, 2.45) is 0 Å². The molecule has 0 radical (unpaired) electrons. The highest BCUT2D eigenvalue weighted by Crippen LogP contribution is 2.11. The van der Waals surface area contributed by atoms with Crippen molar-refractivity contribution >= 4 is 17.9 Å². The molecule has 0 amide bonds. The Balaban J connectivity index is 4.66. The van der Waals surface area contributed by atoms with Crippen LogP contribution in [0.4, 0.5) is 0 Å². The summed E-state index contributed by atoms with van der Waals surface area (Å²) in [5, 5.41) is 0. The van der Waals surface area contributed by atoms with Crippen LogP contribution >= 0.6 is 0 Å². The number of ether oxygens (including phenoxy) is 3. The molecule has 418 valence electrons. The van der Waals surface area contributed by atoms with Crippen molar-refractivity contribution in [1.82, 2.24) is 0 Å². The van der Waals surface area contributed by atoms with E-state index in [1.807, 2.05) is 12.2 Å². The Morgan fingerprint density at radius 2 is 0.547 bits per heavy atom. The zero-order valence-electron chi connectivity index (χ0n) is 47.7. The summed E-state index contributed by atoms with van der Waals surface area (Å²) < 4.78 is 16.8. The van der Waals surface area contributed by atoms with Crippen LogP contribution in [0.5, 0.6) is 0 Å². The topological polar surface area (TPSA) is 78.9 Å². The maximum Gasteiger partial charge on any atom is 0.306 e.